The molecule has 1 aliphatic heterocycles. The van der Waals surface area contributed by atoms with Gasteiger partial charge >= 0.3 is 0 Å². The summed E-state index contributed by atoms with van der Waals surface area (Å²) in [6.07, 6.45) is 1.17. The SMILES string of the molecule is COc1ccccc1-c1nnc(SCC(=O)N2C[C@H](C)C[C@H](C)C2)n1-c1ccc(Cl)cc1. The number of carbonyl (C=O) groups is 1. The average Bonchev–Trinajstić information content (AvgIpc) is 3.21. The van der Waals surface area contributed by atoms with Crippen LogP contribution in [0.4, 0.5) is 0 Å². The maximum absolute atomic E-state index is 12.9. The highest BCUT2D eigenvalue weighted by Gasteiger charge is 2.26. The second-order valence-corrected chi connectivity index (χ2v) is 9.73. The number of carbonyl (C=O) groups excluding carboxylic acids is 1. The van der Waals surface area contributed by atoms with Gasteiger partial charge in [0.1, 0.15) is 5.75 Å². The number of rotatable bonds is 6. The fourth-order valence-corrected chi connectivity index (χ4v) is 5.25. The predicted molar refractivity (Wildman–Crippen MR) is 129 cm³/mol. The molecule has 0 radical (unpaired) electrons. The molecular weight excluding hydrogens is 444 g/mol. The Labute approximate surface area is 197 Å². The monoisotopic (exact) mass is 470 g/mol. The van der Waals surface area contributed by atoms with E-state index in [1.807, 2.05) is 58.0 Å². The fraction of sp³-hybridized carbons (Fsp3) is 0.375. The lowest BCUT2D eigenvalue weighted by Gasteiger charge is -2.34. The summed E-state index contributed by atoms with van der Waals surface area (Å²) in [5.41, 5.74) is 1.70. The van der Waals surface area contributed by atoms with Gasteiger partial charge in [0.25, 0.3) is 0 Å². The minimum Gasteiger partial charge on any atom is -0.496 e. The van der Waals surface area contributed by atoms with Crippen molar-refractivity contribution >= 4 is 29.3 Å². The number of para-hydroxylation sites is 1. The molecule has 32 heavy (non-hydrogen) atoms. The average molecular weight is 471 g/mol. The second-order valence-electron chi connectivity index (χ2n) is 8.35. The highest BCUT2D eigenvalue weighted by molar-refractivity contribution is 7.99. The minimum atomic E-state index is 0.137. The van der Waals surface area contributed by atoms with Crippen molar-refractivity contribution in [2.24, 2.45) is 11.8 Å². The largest absolute Gasteiger partial charge is 0.496 e. The van der Waals surface area contributed by atoms with E-state index in [1.165, 1.54) is 18.2 Å². The number of ether oxygens (including phenoxy) is 1. The fourth-order valence-electron chi connectivity index (χ4n) is 4.27. The number of aromatic nitrogens is 3. The van der Waals surface area contributed by atoms with Gasteiger partial charge in [-0.25, -0.2) is 0 Å². The standard InChI is InChI=1S/C24H27ClN4O2S/c1-16-12-17(2)14-28(13-16)22(30)15-32-24-27-26-23(20-6-4-5-7-21(20)31-3)29(24)19-10-8-18(25)9-11-19/h4-11,16-17H,12-15H2,1-3H3/t16-,17+. The topological polar surface area (TPSA) is 60.3 Å². The zero-order chi connectivity index (χ0) is 22.7. The summed E-state index contributed by atoms with van der Waals surface area (Å²) in [7, 11) is 1.64. The molecule has 8 heteroatoms. The molecule has 0 aliphatic carbocycles. The number of hydrogen-bond donors (Lipinski definition) is 0. The Morgan fingerprint density at radius 1 is 1.09 bits per heavy atom. The number of piperidine rings is 1. The van der Waals surface area contributed by atoms with Crippen LogP contribution in [0.3, 0.4) is 0 Å². The molecule has 1 aromatic heterocycles. The lowest BCUT2D eigenvalue weighted by Crippen LogP contribution is -2.43. The zero-order valence-corrected chi connectivity index (χ0v) is 20.1. The first-order valence-electron chi connectivity index (χ1n) is 10.7. The molecule has 168 valence electrons. The summed E-state index contributed by atoms with van der Waals surface area (Å²) in [5.74, 6) is 2.87. The van der Waals surface area contributed by atoms with E-state index in [0.29, 0.717) is 39.3 Å². The van der Waals surface area contributed by atoms with Crippen molar-refractivity contribution in [1.82, 2.24) is 19.7 Å². The van der Waals surface area contributed by atoms with E-state index in [0.717, 1.165) is 24.3 Å². The van der Waals surface area contributed by atoms with Gasteiger partial charge in [-0.2, -0.15) is 0 Å². The zero-order valence-electron chi connectivity index (χ0n) is 18.5. The molecule has 0 spiro atoms. The van der Waals surface area contributed by atoms with Crippen molar-refractivity contribution in [3.63, 3.8) is 0 Å². The Hall–Kier alpha value is -2.51. The van der Waals surface area contributed by atoms with Gasteiger partial charge in [-0.1, -0.05) is 49.3 Å². The maximum Gasteiger partial charge on any atom is 0.233 e. The lowest BCUT2D eigenvalue weighted by atomic mass is 9.92. The number of thioether (sulfide) groups is 1. The summed E-state index contributed by atoms with van der Waals surface area (Å²) >= 11 is 7.52. The second kappa shape index (κ2) is 9.96. The van der Waals surface area contributed by atoms with E-state index in [4.69, 9.17) is 16.3 Å². The van der Waals surface area contributed by atoms with Crippen LogP contribution in [-0.4, -0.2) is 51.5 Å². The molecule has 1 fully saturated rings. The quantitative estimate of drug-likeness (QED) is 0.464. The third-order valence-corrected chi connectivity index (χ3v) is 6.78. The molecule has 0 bridgehead atoms. The predicted octanol–water partition coefficient (Wildman–Crippen LogP) is 5.19. The molecule has 1 saturated heterocycles. The summed E-state index contributed by atoms with van der Waals surface area (Å²) in [5, 5.41) is 10.2. The summed E-state index contributed by atoms with van der Waals surface area (Å²) in [6, 6.07) is 15.2. The van der Waals surface area contributed by atoms with Crippen LogP contribution in [-0.2, 0) is 4.79 Å². The van der Waals surface area contributed by atoms with Gasteiger partial charge in [0.2, 0.25) is 5.91 Å². The third kappa shape index (κ3) is 4.94. The molecule has 4 rings (SSSR count). The molecule has 1 amide bonds. The van der Waals surface area contributed by atoms with Gasteiger partial charge in [0, 0.05) is 23.8 Å². The first-order valence-corrected chi connectivity index (χ1v) is 12.1. The molecule has 0 saturated carbocycles. The van der Waals surface area contributed by atoms with E-state index >= 15 is 0 Å². The number of amides is 1. The Balaban J connectivity index is 1.64. The number of likely N-dealkylation sites (tertiary alicyclic amines) is 1. The normalized spacial score (nSPS) is 18.6. The molecule has 3 aromatic rings. The van der Waals surface area contributed by atoms with Crippen LogP contribution in [0.25, 0.3) is 17.1 Å². The number of halogens is 1. The number of benzene rings is 2. The van der Waals surface area contributed by atoms with Gasteiger partial charge in [0.05, 0.1) is 18.4 Å². The van der Waals surface area contributed by atoms with Crippen LogP contribution in [0.15, 0.2) is 53.7 Å². The number of hydrogen-bond acceptors (Lipinski definition) is 5. The Bertz CT molecular complexity index is 1080. The first-order chi connectivity index (χ1) is 15.5. The van der Waals surface area contributed by atoms with Gasteiger partial charge in [0.15, 0.2) is 11.0 Å². The summed E-state index contributed by atoms with van der Waals surface area (Å²) in [6.45, 7) is 6.06. The van der Waals surface area contributed by atoms with Gasteiger partial charge in [-0.05, 0) is 54.7 Å². The van der Waals surface area contributed by atoms with Crippen molar-refractivity contribution < 1.29 is 9.53 Å². The van der Waals surface area contributed by atoms with Gasteiger partial charge in [-0.3, -0.25) is 9.36 Å². The van der Waals surface area contributed by atoms with E-state index in [2.05, 4.69) is 24.0 Å². The molecule has 0 unspecified atom stereocenters. The highest BCUT2D eigenvalue weighted by Crippen LogP contribution is 2.33. The number of methoxy groups -OCH3 is 1. The van der Waals surface area contributed by atoms with E-state index in [9.17, 15) is 4.79 Å². The van der Waals surface area contributed by atoms with E-state index in [-0.39, 0.29) is 5.91 Å². The van der Waals surface area contributed by atoms with Crippen LogP contribution < -0.4 is 4.74 Å². The lowest BCUT2D eigenvalue weighted by molar-refractivity contribution is -0.130. The smallest absolute Gasteiger partial charge is 0.233 e. The molecule has 2 aromatic carbocycles. The summed E-state index contributed by atoms with van der Waals surface area (Å²) < 4.78 is 7.50. The van der Waals surface area contributed by atoms with E-state index < -0.39 is 0 Å². The molecule has 6 nitrogen and oxygen atoms in total. The van der Waals surface area contributed by atoms with Crippen molar-refractivity contribution in [3.05, 3.63) is 53.6 Å². The van der Waals surface area contributed by atoms with Crippen molar-refractivity contribution in [2.45, 2.75) is 25.4 Å². The van der Waals surface area contributed by atoms with Crippen LogP contribution >= 0.6 is 23.4 Å². The molecule has 2 heterocycles. The Morgan fingerprint density at radius 2 is 1.78 bits per heavy atom. The molecule has 0 N–H and O–H groups in total. The maximum atomic E-state index is 12.9. The Morgan fingerprint density at radius 3 is 2.47 bits per heavy atom. The Kier molecular flexibility index (Phi) is 7.06. The van der Waals surface area contributed by atoms with Crippen molar-refractivity contribution in [1.29, 1.82) is 0 Å². The highest BCUT2D eigenvalue weighted by atomic mass is 35.5. The van der Waals surface area contributed by atoms with Crippen LogP contribution in [0.5, 0.6) is 5.75 Å². The van der Waals surface area contributed by atoms with Crippen molar-refractivity contribution in [3.8, 4) is 22.8 Å². The number of nitrogens with zero attached hydrogens (tertiary/aromatic N) is 4. The molecular formula is C24H27ClN4O2S. The van der Waals surface area contributed by atoms with Crippen LogP contribution in [0, 0.1) is 11.8 Å². The van der Waals surface area contributed by atoms with Crippen LogP contribution in [0.2, 0.25) is 5.02 Å². The summed E-state index contributed by atoms with van der Waals surface area (Å²) in [4.78, 5) is 14.9. The molecule has 1 aliphatic rings. The molecule has 2 atom stereocenters. The van der Waals surface area contributed by atoms with Gasteiger partial charge < -0.3 is 9.64 Å². The van der Waals surface area contributed by atoms with Crippen LogP contribution in [0.1, 0.15) is 20.3 Å². The minimum absolute atomic E-state index is 0.137. The van der Waals surface area contributed by atoms with Gasteiger partial charge in [-0.15, -0.1) is 10.2 Å². The van der Waals surface area contributed by atoms with E-state index in [1.54, 1.807) is 7.11 Å². The van der Waals surface area contributed by atoms with Crippen molar-refractivity contribution in [2.75, 3.05) is 26.0 Å². The first kappa shape index (κ1) is 22.7. The third-order valence-electron chi connectivity index (χ3n) is 5.61.